The standard InChI is InChI=1S/C21H22FN5O3/c1-11(2)18(24-16(28)9-29-15-8-6-5-7-14(15)22)19-25-20-17-12(3)13(4)30-21(17)23-10-27(20)26-19/h5-8,10-11,18H,9H2,1-4H3,(H,24,28). The number of carbonyl (C=O) groups is 1. The summed E-state index contributed by atoms with van der Waals surface area (Å²) in [6, 6.07) is 5.49. The van der Waals surface area contributed by atoms with Gasteiger partial charge in [0.15, 0.2) is 29.6 Å². The Bertz CT molecular complexity index is 1230. The summed E-state index contributed by atoms with van der Waals surface area (Å²) in [4.78, 5) is 21.4. The third kappa shape index (κ3) is 3.58. The van der Waals surface area contributed by atoms with E-state index in [-0.39, 0.29) is 18.3 Å². The van der Waals surface area contributed by atoms with Crippen molar-refractivity contribution in [2.45, 2.75) is 33.7 Å². The average molecular weight is 411 g/mol. The van der Waals surface area contributed by atoms with E-state index < -0.39 is 17.8 Å². The molecule has 3 heterocycles. The van der Waals surface area contributed by atoms with Crippen LogP contribution in [0.15, 0.2) is 35.0 Å². The van der Waals surface area contributed by atoms with Gasteiger partial charge in [0.05, 0.1) is 11.4 Å². The van der Waals surface area contributed by atoms with Crippen molar-refractivity contribution in [2.24, 2.45) is 5.92 Å². The maximum absolute atomic E-state index is 13.7. The van der Waals surface area contributed by atoms with Crippen LogP contribution in [0.25, 0.3) is 16.7 Å². The number of benzene rings is 1. The first-order chi connectivity index (χ1) is 14.3. The highest BCUT2D eigenvalue weighted by Crippen LogP contribution is 2.27. The predicted molar refractivity (Wildman–Crippen MR) is 108 cm³/mol. The van der Waals surface area contributed by atoms with Crippen LogP contribution in [-0.2, 0) is 4.79 Å². The van der Waals surface area contributed by atoms with Crippen LogP contribution < -0.4 is 10.1 Å². The molecule has 30 heavy (non-hydrogen) atoms. The Morgan fingerprint density at radius 1 is 1.30 bits per heavy atom. The first-order valence-electron chi connectivity index (χ1n) is 9.62. The van der Waals surface area contributed by atoms with Crippen molar-refractivity contribution in [1.82, 2.24) is 24.9 Å². The molecular formula is C21H22FN5O3. The number of carbonyl (C=O) groups excluding carboxylic acids is 1. The molecule has 0 saturated carbocycles. The number of halogens is 1. The Balaban J connectivity index is 1.58. The van der Waals surface area contributed by atoms with Gasteiger partial charge < -0.3 is 14.5 Å². The van der Waals surface area contributed by atoms with Gasteiger partial charge in [-0.2, -0.15) is 0 Å². The van der Waals surface area contributed by atoms with Gasteiger partial charge in [0.25, 0.3) is 5.91 Å². The molecule has 0 saturated heterocycles. The largest absolute Gasteiger partial charge is 0.481 e. The topological polar surface area (TPSA) is 94.6 Å². The van der Waals surface area contributed by atoms with Gasteiger partial charge in [-0.25, -0.2) is 18.9 Å². The van der Waals surface area contributed by atoms with Crippen molar-refractivity contribution < 1.29 is 18.3 Å². The number of nitrogens with zero attached hydrogens (tertiary/aromatic N) is 4. The maximum Gasteiger partial charge on any atom is 0.258 e. The number of hydrogen-bond donors (Lipinski definition) is 1. The number of ether oxygens (including phenoxy) is 1. The number of para-hydroxylation sites is 1. The molecule has 156 valence electrons. The highest BCUT2D eigenvalue weighted by atomic mass is 19.1. The molecule has 1 N–H and O–H groups in total. The summed E-state index contributed by atoms with van der Waals surface area (Å²) in [5, 5.41) is 8.19. The summed E-state index contributed by atoms with van der Waals surface area (Å²) in [6.07, 6.45) is 1.54. The monoisotopic (exact) mass is 411 g/mol. The molecule has 1 aromatic carbocycles. The van der Waals surface area contributed by atoms with Crippen molar-refractivity contribution in [3.8, 4) is 5.75 Å². The van der Waals surface area contributed by atoms with Crippen molar-refractivity contribution >= 4 is 22.7 Å². The van der Waals surface area contributed by atoms with Gasteiger partial charge in [0, 0.05) is 5.56 Å². The maximum atomic E-state index is 13.7. The lowest BCUT2D eigenvalue weighted by atomic mass is 10.0. The predicted octanol–water partition coefficient (Wildman–Crippen LogP) is 3.52. The molecule has 4 aromatic rings. The van der Waals surface area contributed by atoms with E-state index in [1.54, 1.807) is 16.6 Å². The Labute approximate surface area is 172 Å². The second kappa shape index (κ2) is 7.74. The Morgan fingerprint density at radius 3 is 2.80 bits per heavy atom. The van der Waals surface area contributed by atoms with Crippen molar-refractivity contribution in [2.75, 3.05) is 6.61 Å². The van der Waals surface area contributed by atoms with Gasteiger partial charge in [0.2, 0.25) is 5.71 Å². The lowest BCUT2D eigenvalue weighted by molar-refractivity contribution is -0.124. The summed E-state index contributed by atoms with van der Waals surface area (Å²) in [7, 11) is 0. The van der Waals surface area contributed by atoms with E-state index in [1.165, 1.54) is 18.5 Å². The van der Waals surface area contributed by atoms with Gasteiger partial charge in [-0.3, -0.25) is 4.79 Å². The molecule has 4 rings (SSSR count). The lowest BCUT2D eigenvalue weighted by Crippen LogP contribution is -2.35. The zero-order valence-corrected chi connectivity index (χ0v) is 17.1. The SMILES string of the molecule is Cc1oc2ncn3nc(C(NC(=O)COc4ccccc4F)C(C)C)nc3c2c1C. The van der Waals surface area contributed by atoms with E-state index in [0.717, 1.165) is 16.7 Å². The van der Waals surface area contributed by atoms with Crippen molar-refractivity contribution in [3.63, 3.8) is 0 Å². The first kappa shape index (κ1) is 19.8. The van der Waals surface area contributed by atoms with Crippen LogP contribution >= 0.6 is 0 Å². The minimum absolute atomic E-state index is 0.00968. The summed E-state index contributed by atoms with van der Waals surface area (Å²) < 4.78 is 26.2. The van der Waals surface area contributed by atoms with Crippen LogP contribution in [0.5, 0.6) is 5.75 Å². The molecule has 9 heteroatoms. The summed E-state index contributed by atoms with van der Waals surface area (Å²) >= 11 is 0. The molecule has 0 aliphatic heterocycles. The molecule has 0 fully saturated rings. The van der Waals surface area contributed by atoms with Crippen LogP contribution in [0.1, 0.15) is 37.0 Å². The van der Waals surface area contributed by atoms with Gasteiger partial charge in [0.1, 0.15) is 12.1 Å². The van der Waals surface area contributed by atoms with Crippen LogP contribution in [0.2, 0.25) is 0 Å². The minimum atomic E-state index is -0.519. The number of fused-ring (bicyclic) bond motifs is 3. The molecule has 0 bridgehead atoms. The van der Waals surface area contributed by atoms with Crippen LogP contribution in [-0.4, -0.2) is 32.1 Å². The second-order valence-electron chi connectivity index (χ2n) is 7.45. The first-order valence-corrected chi connectivity index (χ1v) is 9.62. The smallest absolute Gasteiger partial charge is 0.258 e. The molecule has 1 amide bonds. The number of hydrogen-bond acceptors (Lipinski definition) is 6. The zero-order chi connectivity index (χ0) is 21.4. The molecule has 0 spiro atoms. The Morgan fingerprint density at radius 2 is 2.07 bits per heavy atom. The quantitative estimate of drug-likeness (QED) is 0.522. The molecule has 0 aliphatic rings. The normalized spacial score (nSPS) is 12.6. The summed E-state index contributed by atoms with van der Waals surface area (Å²) in [6.45, 7) is 7.41. The number of rotatable bonds is 6. The van der Waals surface area contributed by atoms with Gasteiger partial charge in [-0.05, 0) is 31.9 Å². The van der Waals surface area contributed by atoms with Gasteiger partial charge in [-0.1, -0.05) is 26.0 Å². The van der Waals surface area contributed by atoms with Crippen LogP contribution in [0, 0.1) is 25.6 Å². The van der Waals surface area contributed by atoms with E-state index in [4.69, 9.17) is 9.15 Å². The second-order valence-corrected chi connectivity index (χ2v) is 7.45. The highest BCUT2D eigenvalue weighted by Gasteiger charge is 2.25. The number of furan rings is 1. The van der Waals surface area contributed by atoms with Gasteiger partial charge >= 0.3 is 0 Å². The van der Waals surface area contributed by atoms with E-state index in [0.29, 0.717) is 17.2 Å². The Kier molecular flexibility index (Phi) is 5.11. The number of aromatic nitrogens is 4. The average Bonchev–Trinajstić information content (AvgIpc) is 3.26. The summed E-state index contributed by atoms with van der Waals surface area (Å²) in [5.41, 5.74) is 2.07. The summed E-state index contributed by atoms with van der Waals surface area (Å²) in [5.74, 6) is 0.352. The third-order valence-corrected chi connectivity index (χ3v) is 4.98. The van der Waals surface area contributed by atoms with E-state index in [1.807, 2.05) is 27.7 Å². The van der Waals surface area contributed by atoms with Crippen molar-refractivity contribution in [3.05, 3.63) is 53.6 Å². The fraction of sp³-hybridized carbons (Fsp3) is 0.333. The van der Waals surface area contributed by atoms with Crippen LogP contribution in [0.4, 0.5) is 4.39 Å². The molecule has 1 atom stereocenters. The highest BCUT2D eigenvalue weighted by molar-refractivity contribution is 5.91. The van der Waals surface area contributed by atoms with Crippen LogP contribution in [0.3, 0.4) is 0 Å². The Hall–Kier alpha value is -3.49. The van der Waals surface area contributed by atoms with E-state index in [9.17, 15) is 9.18 Å². The van der Waals surface area contributed by atoms with E-state index in [2.05, 4.69) is 20.4 Å². The molecular weight excluding hydrogens is 389 g/mol. The molecule has 8 nitrogen and oxygen atoms in total. The fourth-order valence-corrected chi connectivity index (χ4v) is 3.24. The minimum Gasteiger partial charge on any atom is -0.481 e. The number of nitrogens with one attached hydrogen (secondary N) is 1. The molecule has 0 aliphatic carbocycles. The number of amides is 1. The number of aryl methyl sites for hydroxylation is 2. The molecule has 1 unspecified atom stereocenters. The molecule has 0 radical (unpaired) electrons. The third-order valence-electron chi connectivity index (χ3n) is 4.98. The zero-order valence-electron chi connectivity index (χ0n) is 17.1. The van der Waals surface area contributed by atoms with Crippen molar-refractivity contribution in [1.29, 1.82) is 0 Å². The molecule has 3 aromatic heterocycles. The van der Waals surface area contributed by atoms with Gasteiger partial charge in [-0.15, -0.1) is 5.10 Å². The lowest BCUT2D eigenvalue weighted by Gasteiger charge is -2.19. The van der Waals surface area contributed by atoms with E-state index >= 15 is 0 Å². The fourth-order valence-electron chi connectivity index (χ4n) is 3.24.